The monoisotopic (exact) mass is 396 g/mol. The van der Waals surface area contributed by atoms with Crippen LogP contribution in [0.3, 0.4) is 0 Å². The molecule has 1 aliphatic rings. The number of halogens is 2. The summed E-state index contributed by atoms with van der Waals surface area (Å²) in [5.41, 5.74) is 0. The van der Waals surface area contributed by atoms with Crippen molar-refractivity contribution in [1.29, 1.82) is 0 Å². The number of benzene rings is 1. The lowest BCUT2D eigenvalue weighted by Gasteiger charge is -2.34. The number of hydrogen-bond acceptors (Lipinski definition) is 5. The number of hydrogen-bond donors (Lipinski definition) is 2. The molecule has 0 spiro atoms. The van der Waals surface area contributed by atoms with Crippen molar-refractivity contribution >= 4 is 39.8 Å². The van der Waals surface area contributed by atoms with E-state index in [2.05, 4.69) is 10.6 Å². The predicted molar refractivity (Wildman–Crippen MR) is 96.9 cm³/mol. The van der Waals surface area contributed by atoms with E-state index in [9.17, 15) is 13.2 Å². The highest BCUT2D eigenvalue weighted by atomic mass is 35.5. The van der Waals surface area contributed by atoms with Gasteiger partial charge >= 0.3 is 0 Å². The summed E-state index contributed by atoms with van der Waals surface area (Å²) in [6, 6.07) is 6.94. The van der Waals surface area contributed by atoms with E-state index in [0.717, 1.165) is 6.26 Å². The first kappa shape index (κ1) is 21.0. The molecule has 136 valence electrons. The van der Waals surface area contributed by atoms with Crippen LogP contribution in [-0.4, -0.2) is 51.6 Å². The molecule has 0 bridgehead atoms. The van der Waals surface area contributed by atoms with Gasteiger partial charge in [-0.1, -0.05) is 17.7 Å². The van der Waals surface area contributed by atoms with Crippen LogP contribution >= 0.6 is 24.0 Å². The van der Waals surface area contributed by atoms with Gasteiger partial charge in [-0.05, 0) is 44.1 Å². The molecule has 1 fully saturated rings. The first-order valence-corrected chi connectivity index (χ1v) is 9.69. The Bertz CT molecular complexity index is 661. The molecule has 1 aromatic rings. The Balaban J connectivity index is 0.00000288. The maximum Gasteiger partial charge on any atom is 0.241 e. The minimum absolute atomic E-state index is 0. The molecule has 1 amide bonds. The van der Waals surface area contributed by atoms with Crippen molar-refractivity contribution in [3.05, 3.63) is 29.3 Å². The van der Waals surface area contributed by atoms with Gasteiger partial charge in [0.2, 0.25) is 5.91 Å². The van der Waals surface area contributed by atoms with Crippen LogP contribution in [0.5, 0.6) is 5.75 Å². The number of amides is 1. The van der Waals surface area contributed by atoms with Gasteiger partial charge in [-0.3, -0.25) is 4.79 Å². The Hall–Kier alpha value is -1.02. The highest BCUT2D eigenvalue weighted by molar-refractivity contribution is 7.92. The third kappa shape index (κ3) is 4.99. The minimum atomic E-state index is -3.49. The smallest absolute Gasteiger partial charge is 0.241 e. The average molecular weight is 397 g/mol. The number of piperidine rings is 1. The second-order valence-electron chi connectivity index (χ2n) is 5.58. The van der Waals surface area contributed by atoms with E-state index in [1.807, 2.05) is 0 Å². The first-order chi connectivity index (χ1) is 10.8. The number of nitrogens with one attached hydrogen (secondary N) is 2. The third-order valence-electron chi connectivity index (χ3n) is 3.99. The van der Waals surface area contributed by atoms with Gasteiger partial charge in [0, 0.05) is 11.3 Å². The van der Waals surface area contributed by atoms with Gasteiger partial charge in [-0.25, -0.2) is 8.42 Å². The van der Waals surface area contributed by atoms with E-state index in [0.29, 0.717) is 23.9 Å². The van der Waals surface area contributed by atoms with Crippen molar-refractivity contribution in [2.75, 3.05) is 32.5 Å². The van der Waals surface area contributed by atoms with Crippen LogP contribution in [-0.2, 0) is 14.6 Å². The van der Waals surface area contributed by atoms with E-state index in [4.69, 9.17) is 16.3 Å². The van der Waals surface area contributed by atoms with Crippen molar-refractivity contribution in [3.8, 4) is 5.75 Å². The lowest BCUT2D eigenvalue weighted by molar-refractivity contribution is -0.124. The van der Waals surface area contributed by atoms with Gasteiger partial charge in [0.05, 0.1) is 6.54 Å². The van der Waals surface area contributed by atoms with Gasteiger partial charge < -0.3 is 15.4 Å². The lowest BCUT2D eigenvalue weighted by atomic mass is 9.96. The van der Waals surface area contributed by atoms with Gasteiger partial charge in [0.1, 0.15) is 12.4 Å². The van der Waals surface area contributed by atoms with E-state index in [-0.39, 0.29) is 38.4 Å². The summed E-state index contributed by atoms with van der Waals surface area (Å²) in [7, 11) is -3.49. The molecule has 9 heteroatoms. The van der Waals surface area contributed by atoms with Crippen LogP contribution in [0.4, 0.5) is 0 Å². The normalized spacial score (nSPS) is 16.8. The predicted octanol–water partition coefficient (Wildman–Crippen LogP) is 1.42. The largest absolute Gasteiger partial charge is 0.492 e. The van der Waals surface area contributed by atoms with Crippen LogP contribution in [0, 0.1) is 0 Å². The van der Waals surface area contributed by atoms with Gasteiger partial charge in [0.15, 0.2) is 14.6 Å². The molecule has 24 heavy (non-hydrogen) atoms. The van der Waals surface area contributed by atoms with Crippen molar-refractivity contribution in [3.63, 3.8) is 0 Å². The maximum atomic E-state index is 12.4. The van der Waals surface area contributed by atoms with Crippen LogP contribution < -0.4 is 15.4 Å². The molecule has 6 nitrogen and oxygen atoms in total. The van der Waals surface area contributed by atoms with E-state index >= 15 is 0 Å². The molecular formula is C15H22Cl2N2O4S. The molecule has 2 N–H and O–H groups in total. The Morgan fingerprint density at radius 1 is 1.38 bits per heavy atom. The fourth-order valence-corrected chi connectivity index (χ4v) is 4.18. The molecule has 0 aromatic heterocycles. The maximum absolute atomic E-state index is 12.4. The zero-order valence-electron chi connectivity index (χ0n) is 13.4. The van der Waals surface area contributed by atoms with E-state index in [1.54, 1.807) is 24.3 Å². The molecule has 1 heterocycles. The van der Waals surface area contributed by atoms with Crippen molar-refractivity contribution in [1.82, 2.24) is 10.6 Å². The molecule has 1 saturated heterocycles. The van der Waals surface area contributed by atoms with Gasteiger partial charge in [0.25, 0.3) is 0 Å². The SMILES string of the molecule is CS(=O)(=O)C1(C(=O)NCCOc2cccc(Cl)c2)CCNCC1.Cl. The van der Waals surface area contributed by atoms with Crippen LogP contribution in [0.1, 0.15) is 12.8 Å². The van der Waals surface area contributed by atoms with Crippen LogP contribution in [0.25, 0.3) is 0 Å². The standard InChI is InChI=1S/C15H21ClN2O4S.ClH/c1-23(20,21)15(5-7-17-8-6-15)14(19)18-9-10-22-13-4-2-3-12(16)11-13;/h2-4,11,17H,5-10H2,1H3,(H,18,19);1H. The number of sulfone groups is 1. The number of ether oxygens (including phenoxy) is 1. The Morgan fingerprint density at radius 2 is 2.04 bits per heavy atom. The number of carbonyl (C=O) groups excluding carboxylic acids is 1. The summed E-state index contributed by atoms with van der Waals surface area (Å²) in [4.78, 5) is 12.4. The minimum Gasteiger partial charge on any atom is -0.492 e. The Labute approximate surface area is 153 Å². The summed E-state index contributed by atoms with van der Waals surface area (Å²) >= 11 is 5.86. The molecule has 1 aromatic carbocycles. The quantitative estimate of drug-likeness (QED) is 0.710. The topological polar surface area (TPSA) is 84.5 Å². The third-order valence-corrected chi connectivity index (χ3v) is 6.24. The lowest BCUT2D eigenvalue weighted by Crippen LogP contribution is -2.57. The molecule has 2 rings (SSSR count). The summed E-state index contributed by atoms with van der Waals surface area (Å²) in [5.74, 6) is 0.155. The van der Waals surface area contributed by atoms with Crippen molar-refractivity contribution in [2.45, 2.75) is 17.6 Å². The summed E-state index contributed by atoms with van der Waals surface area (Å²) in [5, 5.41) is 6.33. The Kier molecular flexibility index (Phi) is 7.79. The zero-order valence-corrected chi connectivity index (χ0v) is 15.8. The van der Waals surface area contributed by atoms with Crippen molar-refractivity contribution < 1.29 is 17.9 Å². The van der Waals surface area contributed by atoms with Crippen molar-refractivity contribution in [2.24, 2.45) is 0 Å². The highest BCUT2D eigenvalue weighted by Crippen LogP contribution is 2.27. The number of carbonyl (C=O) groups is 1. The molecule has 0 aliphatic carbocycles. The average Bonchev–Trinajstić information content (AvgIpc) is 2.51. The molecule has 0 saturated carbocycles. The molecule has 0 unspecified atom stereocenters. The molecule has 0 atom stereocenters. The molecule has 0 radical (unpaired) electrons. The zero-order chi connectivity index (χ0) is 16.9. The summed E-state index contributed by atoms with van der Waals surface area (Å²) in [6.07, 6.45) is 1.69. The Morgan fingerprint density at radius 3 is 2.62 bits per heavy atom. The molecule has 1 aliphatic heterocycles. The van der Waals surface area contributed by atoms with E-state index in [1.165, 1.54) is 0 Å². The molecular weight excluding hydrogens is 375 g/mol. The van der Waals surface area contributed by atoms with Crippen LogP contribution in [0.2, 0.25) is 5.02 Å². The van der Waals surface area contributed by atoms with Gasteiger partial charge in [-0.15, -0.1) is 12.4 Å². The fourth-order valence-electron chi connectivity index (χ4n) is 2.65. The second kappa shape index (κ2) is 8.89. The van der Waals surface area contributed by atoms with Gasteiger partial charge in [-0.2, -0.15) is 0 Å². The second-order valence-corrected chi connectivity index (χ2v) is 8.34. The summed E-state index contributed by atoms with van der Waals surface area (Å²) in [6.45, 7) is 1.50. The van der Waals surface area contributed by atoms with Crippen LogP contribution in [0.15, 0.2) is 24.3 Å². The highest BCUT2D eigenvalue weighted by Gasteiger charge is 2.48. The number of rotatable bonds is 6. The van der Waals surface area contributed by atoms with E-state index < -0.39 is 20.5 Å². The fraction of sp³-hybridized carbons (Fsp3) is 0.533. The first-order valence-electron chi connectivity index (χ1n) is 7.42. The summed E-state index contributed by atoms with van der Waals surface area (Å²) < 4.78 is 28.4.